The van der Waals surface area contributed by atoms with Gasteiger partial charge in [-0.2, -0.15) is 4.31 Å². The lowest BCUT2D eigenvalue weighted by Crippen LogP contribution is -2.45. The molecule has 2 rings (SSSR count). The largest absolute Gasteiger partial charge is 0.481 e. The highest BCUT2D eigenvalue weighted by Gasteiger charge is 2.34. The van der Waals surface area contributed by atoms with E-state index in [0.717, 1.165) is 0 Å². The Labute approximate surface area is 153 Å². The minimum absolute atomic E-state index is 0.0172. The SMILES string of the molecule is Cc1nc(S(=O)(=O)N2CCC(C(=O)NCC(C)(C)C(=O)O)CC2)cn1C. The molecular weight excluding hydrogens is 360 g/mol. The van der Waals surface area contributed by atoms with Crippen LogP contribution in [0.25, 0.3) is 0 Å². The maximum absolute atomic E-state index is 12.6. The Balaban J connectivity index is 1.94. The number of carboxylic acid groups (broad SMARTS) is 1. The molecule has 1 amide bonds. The van der Waals surface area contributed by atoms with Crippen LogP contribution >= 0.6 is 0 Å². The van der Waals surface area contributed by atoms with Crippen LogP contribution in [0.2, 0.25) is 0 Å². The van der Waals surface area contributed by atoms with E-state index in [-0.39, 0.29) is 36.5 Å². The van der Waals surface area contributed by atoms with Crippen molar-refractivity contribution < 1.29 is 23.1 Å². The van der Waals surface area contributed by atoms with Crippen LogP contribution in [-0.4, -0.2) is 58.9 Å². The number of nitrogens with one attached hydrogen (secondary N) is 1. The molecule has 1 saturated heterocycles. The fraction of sp³-hybridized carbons (Fsp3) is 0.688. The molecule has 2 heterocycles. The molecule has 0 bridgehead atoms. The van der Waals surface area contributed by atoms with Crippen molar-refractivity contribution in [3.63, 3.8) is 0 Å². The van der Waals surface area contributed by atoms with Gasteiger partial charge in [-0.3, -0.25) is 9.59 Å². The zero-order valence-electron chi connectivity index (χ0n) is 15.5. The number of aliphatic carboxylic acids is 1. The molecule has 0 unspecified atom stereocenters. The Morgan fingerprint density at radius 2 is 1.92 bits per heavy atom. The van der Waals surface area contributed by atoms with E-state index >= 15 is 0 Å². The van der Waals surface area contributed by atoms with Gasteiger partial charge in [0.2, 0.25) is 5.91 Å². The second kappa shape index (κ2) is 7.36. The van der Waals surface area contributed by atoms with E-state index in [1.54, 1.807) is 32.4 Å². The van der Waals surface area contributed by atoms with Gasteiger partial charge in [-0.05, 0) is 33.6 Å². The number of carboxylic acids is 1. The van der Waals surface area contributed by atoms with E-state index < -0.39 is 21.4 Å². The number of aromatic nitrogens is 2. The molecule has 1 aliphatic heterocycles. The highest BCUT2D eigenvalue weighted by Crippen LogP contribution is 2.24. The van der Waals surface area contributed by atoms with Crippen LogP contribution in [0, 0.1) is 18.3 Å². The van der Waals surface area contributed by atoms with E-state index in [4.69, 9.17) is 5.11 Å². The fourth-order valence-corrected chi connectivity index (χ4v) is 4.16. The molecule has 10 heteroatoms. The number of piperidine rings is 1. The van der Waals surface area contributed by atoms with Gasteiger partial charge in [0, 0.05) is 38.8 Å². The fourth-order valence-electron chi connectivity index (χ4n) is 2.67. The molecule has 0 atom stereocenters. The molecule has 26 heavy (non-hydrogen) atoms. The quantitative estimate of drug-likeness (QED) is 0.728. The number of carbonyl (C=O) groups is 2. The van der Waals surface area contributed by atoms with E-state index in [1.165, 1.54) is 10.5 Å². The van der Waals surface area contributed by atoms with E-state index in [1.807, 2.05) is 0 Å². The minimum atomic E-state index is -3.67. The molecule has 0 aliphatic carbocycles. The molecule has 1 fully saturated rings. The summed E-state index contributed by atoms with van der Waals surface area (Å²) in [5, 5.41) is 11.8. The van der Waals surface area contributed by atoms with Crippen LogP contribution in [0.5, 0.6) is 0 Å². The maximum Gasteiger partial charge on any atom is 0.310 e. The predicted molar refractivity (Wildman–Crippen MR) is 93.9 cm³/mol. The monoisotopic (exact) mass is 386 g/mol. The summed E-state index contributed by atoms with van der Waals surface area (Å²) in [4.78, 5) is 27.4. The molecule has 1 aliphatic rings. The van der Waals surface area contributed by atoms with Crippen LogP contribution in [0.15, 0.2) is 11.2 Å². The van der Waals surface area contributed by atoms with Crippen LogP contribution in [0.1, 0.15) is 32.5 Å². The lowest BCUT2D eigenvalue weighted by atomic mass is 9.92. The first kappa shape index (κ1) is 20.4. The van der Waals surface area contributed by atoms with Crippen molar-refractivity contribution in [2.75, 3.05) is 19.6 Å². The standard InChI is InChI=1S/C16H26N4O5S/c1-11-18-13(9-19(11)4)26(24,25)20-7-5-12(6-8-20)14(21)17-10-16(2,3)15(22)23/h9,12H,5-8,10H2,1-4H3,(H,17,21)(H,22,23). The Bertz CT molecular complexity index is 772. The Hall–Kier alpha value is -1.94. The number of aryl methyl sites for hydroxylation is 2. The van der Waals surface area contributed by atoms with E-state index in [9.17, 15) is 18.0 Å². The molecule has 9 nitrogen and oxygen atoms in total. The van der Waals surface area contributed by atoms with Crippen molar-refractivity contribution in [2.24, 2.45) is 18.4 Å². The normalized spacial score (nSPS) is 17.2. The molecule has 0 saturated carbocycles. The third-order valence-corrected chi connectivity index (χ3v) is 6.57. The second-order valence-corrected chi connectivity index (χ2v) is 9.21. The van der Waals surface area contributed by atoms with E-state index in [2.05, 4.69) is 10.3 Å². The number of nitrogens with zero attached hydrogens (tertiary/aromatic N) is 3. The summed E-state index contributed by atoms with van der Waals surface area (Å²) in [5.74, 6) is -0.926. The average molecular weight is 386 g/mol. The average Bonchev–Trinajstić information content (AvgIpc) is 2.92. The zero-order valence-corrected chi connectivity index (χ0v) is 16.3. The smallest absolute Gasteiger partial charge is 0.310 e. The first-order chi connectivity index (χ1) is 11.9. The van der Waals surface area contributed by atoms with Gasteiger partial charge in [0.05, 0.1) is 5.41 Å². The summed E-state index contributed by atoms with van der Waals surface area (Å²) < 4.78 is 28.3. The summed E-state index contributed by atoms with van der Waals surface area (Å²) in [6.45, 7) is 5.32. The summed E-state index contributed by atoms with van der Waals surface area (Å²) in [7, 11) is -1.93. The zero-order chi connectivity index (χ0) is 19.7. The first-order valence-electron chi connectivity index (χ1n) is 8.46. The number of rotatable bonds is 6. The van der Waals surface area contributed by atoms with Crippen molar-refractivity contribution in [2.45, 2.75) is 38.6 Å². The maximum atomic E-state index is 12.6. The van der Waals surface area contributed by atoms with Gasteiger partial charge in [-0.25, -0.2) is 13.4 Å². The predicted octanol–water partition coefficient (Wildman–Crippen LogP) is 0.356. The van der Waals surface area contributed by atoms with Gasteiger partial charge < -0.3 is 15.0 Å². The topological polar surface area (TPSA) is 122 Å². The molecular formula is C16H26N4O5S. The van der Waals surface area contributed by atoms with Gasteiger partial charge in [0.25, 0.3) is 10.0 Å². The van der Waals surface area contributed by atoms with Crippen molar-refractivity contribution in [3.05, 3.63) is 12.0 Å². The second-order valence-electron chi connectivity index (χ2n) is 7.32. The highest BCUT2D eigenvalue weighted by atomic mass is 32.2. The number of hydrogen-bond donors (Lipinski definition) is 2. The molecule has 0 radical (unpaired) electrons. The molecule has 1 aromatic heterocycles. The van der Waals surface area contributed by atoms with Gasteiger partial charge in [-0.15, -0.1) is 0 Å². The summed E-state index contributed by atoms with van der Waals surface area (Å²) in [6.07, 6.45) is 2.27. The summed E-state index contributed by atoms with van der Waals surface area (Å²) in [6, 6.07) is 0. The number of hydrogen-bond acceptors (Lipinski definition) is 5. The van der Waals surface area contributed by atoms with Crippen molar-refractivity contribution in [3.8, 4) is 0 Å². The van der Waals surface area contributed by atoms with E-state index in [0.29, 0.717) is 18.7 Å². The molecule has 1 aromatic rings. The minimum Gasteiger partial charge on any atom is -0.481 e. The molecule has 2 N–H and O–H groups in total. The van der Waals surface area contributed by atoms with Crippen molar-refractivity contribution in [1.29, 1.82) is 0 Å². The molecule has 0 spiro atoms. The Morgan fingerprint density at radius 1 is 1.35 bits per heavy atom. The Morgan fingerprint density at radius 3 is 2.38 bits per heavy atom. The van der Waals surface area contributed by atoms with Gasteiger partial charge in [-0.1, -0.05) is 0 Å². The number of carbonyl (C=O) groups excluding carboxylic acids is 1. The Kier molecular flexibility index (Phi) is 5.76. The lowest BCUT2D eigenvalue weighted by molar-refractivity contribution is -0.147. The number of imidazole rings is 1. The third-order valence-electron chi connectivity index (χ3n) is 4.80. The van der Waals surface area contributed by atoms with Crippen molar-refractivity contribution >= 4 is 21.9 Å². The van der Waals surface area contributed by atoms with Crippen LogP contribution in [0.3, 0.4) is 0 Å². The van der Waals surface area contributed by atoms with Gasteiger partial charge in [0.1, 0.15) is 5.82 Å². The van der Waals surface area contributed by atoms with Gasteiger partial charge >= 0.3 is 5.97 Å². The summed E-state index contributed by atoms with van der Waals surface area (Å²) >= 11 is 0. The van der Waals surface area contributed by atoms with Crippen LogP contribution in [-0.2, 0) is 26.7 Å². The lowest BCUT2D eigenvalue weighted by Gasteiger charge is -2.30. The first-order valence-corrected chi connectivity index (χ1v) is 9.90. The van der Waals surface area contributed by atoms with Crippen LogP contribution in [0.4, 0.5) is 0 Å². The van der Waals surface area contributed by atoms with Crippen LogP contribution < -0.4 is 5.32 Å². The highest BCUT2D eigenvalue weighted by molar-refractivity contribution is 7.89. The molecule has 0 aromatic carbocycles. The van der Waals surface area contributed by atoms with Crippen molar-refractivity contribution in [1.82, 2.24) is 19.2 Å². The summed E-state index contributed by atoms with van der Waals surface area (Å²) in [5.41, 5.74) is -1.05. The third kappa shape index (κ3) is 4.24. The van der Waals surface area contributed by atoms with Gasteiger partial charge in [0.15, 0.2) is 5.03 Å². The molecule has 146 valence electrons. The number of amides is 1. The number of sulfonamides is 1.